The smallest absolute Gasteiger partial charge is 0.372 e. The summed E-state index contributed by atoms with van der Waals surface area (Å²) in [5.74, 6) is -6.54. The van der Waals surface area contributed by atoms with Crippen LogP contribution in [0, 0.1) is 0 Å². The first-order chi connectivity index (χ1) is 25.2. The maximum absolute atomic E-state index is 11.4. The first-order valence-electron chi connectivity index (χ1n) is 16.8. The Labute approximate surface area is 302 Å². The summed E-state index contributed by atoms with van der Waals surface area (Å²) < 4.78 is 63.4. The van der Waals surface area contributed by atoms with E-state index in [1.165, 1.54) is 0 Å². The van der Waals surface area contributed by atoms with E-state index in [-0.39, 0.29) is 39.3 Å². The molecule has 0 saturated carbocycles. The molecule has 0 aliphatic rings. The maximum Gasteiger partial charge on any atom is 0.372 e. The number of hydrogen-bond acceptors (Lipinski definition) is 18. The summed E-state index contributed by atoms with van der Waals surface area (Å²) in [4.78, 5) is 65.3. The quantitative estimate of drug-likeness (QED) is 0.0435. The number of carbonyl (C=O) groups excluding carboxylic acids is 4. The molecule has 0 fully saturated rings. The van der Waals surface area contributed by atoms with Crippen molar-refractivity contribution in [2.45, 2.75) is 25.7 Å². The standard InChI is InChI=1S/C32H54O20/c33-27(31(37)38)1-3-29(35)51-25-23-49-21-19-47-17-15-45-13-11-43-9-7-41-5-6-42-8-10-44-12-14-46-16-18-48-20-22-50-24-26-52-30(36)4-2-28(34)32(39)40/h1-26H2,(H,37,38)(H,39,40). The molecule has 0 heterocycles. The number of carboxylic acid groups (broad SMARTS) is 2. The van der Waals surface area contributed by atoms with Crippen LogP contribution in [0.15, 0.2) is 0 Å². The molecule has 0 unspecified atom stereocenters. The largest absolute Gasteiger partial charge is 0.476 e. The van der Waals surface area contributed by atoms with Crippen LogP contribution in [0.1, 0.15) is 25.7 Å². The Morgan fingerprint density at radius 2 is 0.442 bits per heavy atom. The van der Waals surface area contributed by atoms with Gasteiger partial charge in [-0.1, -0.05) is 0 Å². The van der Waals surface area contributed by atoms with Crippen LogP contribution in [0.3, 0.4) is 0 Å². The number of esters is 2. The van der Waals surface area contributed by atoms with Gasteiger partial charge in [0.25, 0.3) is 0 Å². The summed E-state index contributed by atoms with van der Waals surface area (Å²) in [5.41, 5.74) is 0. The first-order valence-corrected chi connectivity index (χ1v) is 16.8. The van der Waals surface area contributed by atoms with Crippen LogP contribution >= 0.6 is 0 Å². The number of ether oxygens (including phenoxy) is 12. The van der Waals surface area contributed by atoms with Gasteiger partial charge in [0, 0.05) is 12.8 Å². The molecule has 0 spiro atoms. The lowest BCUT2D eigenvalue weighted by Crippen LogP contribution is -2.17. The summed E-state index contributed by atoms with van der Waals surface area (Å²) in [5, 5.41) is 16.9. The third kappa shape index (κ3) is 36.6. The molecule has 20 nitrogen and oxygen atoms in total. The van der Waals surface area contributed by atoms with Gasteiger partial charge in [0.05, 0.1) is 145 Å². The molecule has 0 aliphatic heterocycles. The first kappa shape index (κ1) is 48.8. The fourth-order valence-electron chi connectivity index (χ4n) is 3.30. The predicted molar refractivity (Wildman–Crippen MR) is 174 cm³/mol. The molecule has 2 N–H and O–H groups in total. The van der Waals surface area contributed by atoms with Gasteiger partial charge in [-0.15, -0.1) is 0 Å². The van der Waals surface area contributed by atoms with Crippen molar-refractivity contribution < 1.29 is 95.8 Å². The third-order valence-electron chi connectivity index (χ3n) is 5.92. The molecular weight excluding hydrogens is 704 g/mol. The average Bonchev–Trinajstić information content (AvgIpc) is 3.12. The van der Waals surface area contributed by atoms with Gasteiger partial charge >= 0.3 is 23.9 Å². The molecule has 0 amide bonds. The fourth-order valence-corrected chi connectivity index (χ4v) is 3.30. The molecule has 0 aromatic carbocycles. The average molecular weight is 759 g/mol. The van der Waals surface area contributed by atoms with E-state index < -0.39 is 48.3 Å². The van der Waals surface area contributed by atoms with Crippen molar-refractivity contribution in [3.05, 3.63) is 0 Å². The van der Waals surface area contributed by atoms with Gasteiger partial charge in [-0.2, -0.15) is 0 Å². The van der Waals surface area contributed by atoms with E-state index >= 15 is 0 Å². The van der Waals surface area contributed by atoms with Gasteiger partial charge in [0.15, 0.2) is 0 Å². The van der Waals surface area contributed by atoms with Crippen LogP contribution in [0.4, 0.5) is 0 Å². The molecule has 0 rings (SSSR count). The lowest BCUT2D eigenvalue weighted by Gasteiger charge is -2.09. The molecule has 20 heteroatoms. The fraction of sp³-hybridized carbons (Fsp3) is 0.812. The van der Waals surface area contributed by atoms with Crippen molar-refractivity contribution in [1.82, 2.24) is 0 Å². The number of hydrogen-bond donors (Lipinski definition) is 2. The monoisotopic (exact) mass is 758 g/mol. The minimum absolute atomic E-state index is 0.000278. The van der Waals surface area contributed by atoms with Crippen molar-refractivity contribution in [2.24, 2.45) is 0 Å². The Morgan fingerprint density at radius 1 is 0.269 bits per heavy atom. The van der Waals surface area contributed by atoms with E-state index in [9.17, 15) is 28.8 Å². The topological polar surface area (TPSA) is 254 Å². The highest BCUT2D eigenvalue weighted by Crippen LogP contribution is 1.96. The molecular formula is C32H54O20. The summed E-state index contributed by atoms with van der Waals surface area (Å²) in [6, 6.07) is 0. The highest BCUT2D eigenvalue weighted by atomic mass is 16.6. The zero-order chi connectivity index (χ0) is 38.3. The lowest BCUT2D eigenvalue weighted by atomic mass is 10.2. The molecule has 0 aromatic rings. The minimum atomic E-state index is -1.57. The molecule has 0 atom stereocenters. The SMILES string of the molecule is O=C(CCC(=O)C(=O)O)OCCOCCOCCOCCOCCOCCOCCOCCOCCOCCOCCOC(=O)CCC(=O)C(=O)O. The minimum Gasteiger partial charge on any atom is -0.476 e. The van der Waals surface area contributed by atoms with Crippen LogP contribution < -0.4 is 0 Å². The van der Waals surface area contributed by atoms with Crippen molar-refractivity contribution in [2.75, 3.05) is 145 Å². The third-order valence-corrected chi connectivity index (χ3v) is 5.92. The zero-order valence-corrected chi connectivity index (χ0v) is 29.6. The van der Waals surface area contributed by atoms with E-state index in [0.29, 0.717) is 119 Å². The maximum atomic E-state index is 11.4. The number of carboxylic acids is 2. The van der Waals surface area contributed by atoms with Gasteiger partial charge in [-0.25, -0.2) is 9.59 Å². The molecule has 0 radical (unpaired) electrons. The second-order valence-electron chi connectivity index (χ2n) is 10.0. The molecule has 0 bridgehead atoms. The van der Waals surface area contributed by atoms with E-state index in [1.807, 2.05) is 0 Å². The van der Waals surface area contributed by atoms with Crippen LogP contribution in [0.2, 0.25) is 0 Å². The number of aliphatic carboxylic acids is 2. The molecule has 302 valence electrons. The number of Topliss-reactive ketones (excluding diaryl/α,β-unsaturated/α-hetero) is 2. The number of carbonyl (C=O) groups is 6. The van der Waals surface area contributed by atoms with Gasteiger partial charge in [-0.3, -0.25) is 19.2 Å². The molecule has 0 aromatic heterocycles. The van der Waals surface area contributed by atoms with Crippen molar-refractivity contribution in [3.8, 4) is 0 Å². The molecule has 0 saturated heterocycles. The van der Waals surface area contributed by atoms with Gasteiger partial charge in [-0.05, 0) is 0 Å². The predicted octanol–water partition coefficient (Wildman–Crippen LogP) is -0.893. The van der Waals surface area contributed by atoms with E-state index in [0.717, 1.165) is 0 Å². The van der Waals surface area contributed by atoms with Crippen LogP contribution in [0.5, 0.6) is 0 Å². The number of rotatable bonds is 41. The van der Waals surface area contributed by atoms with Crippen LogP contribution in [0.25, 0.3) is 0 Å². The molecule has 0 aliphatic carbocycles. The van der Waals surface area contributed by atoms with Crippen molar-refractivity contribution in [1.29, 1.82) is 0 Å². The van der Waals surface area contributed by atoms with Crippen LogP contribution in [-0.2, 0) is 85.6 Å². The Morgan fingerprint density at radius 3 is 0.615 bits per heavy atom. The van der Waals surface area contributed by atoms with E-state index in [4.69, 9.17) is 67.1 Å². The van der Waals surface area contributed by atoms with Gasteiger partial charge in [0.1, 0.15) is 13.2 Å². The molecule has 52 heavy (non-hydrogen) atoms. The Bertz CT molecular complexity index is 871. The van der Waals surface area contributed by atoms with Crippen molar-refractivity contribution >= 4 is 35.4 Å². The van der Waals surface area contributed by atoms with Gasteiger partial charge < -0.3 is 67.1 Å². The highest BCUT2D eigenvalue weighted by molar-refractivity contribution is 6.33. The highest BCUT2D eigenvalue weighted by Gasteiger charge is 2.15. The Balaban J connectivity index is 3.18. The summed E-state index contributed by atoms with van der Waals surface area (Å²) >= 11 is 0. The second-order valence-corrected chi connectivity index (χ2v) is 10.0. The number of ketones is 2. The zero-order valence-electron chi connectivity index (χ0n) is 29.6. The summed E-state index contributed by atoms with van der Waals surface area (Å²) in [7, 11) is 0. The van der Waals surface area contributed by atoms with Crippen molar-refractivity contribution in [3.63, 3.8) is 0 Å². The summed E-state index contributed by atoms with van der Waals surface area (Å²) in [6.07, 6.45) is -1.37. The van der Waals surface area contributed by atoms with E-state index in [2.05, 4.69) is 0 Å². The van der Waals surface area contributed by atoms with E-state index in [1.54, 1.807) is 0 Å². The second kappa shape index (κ2) is 37.6. The summed E-state index contributed by atoms with van der Waals surface area (Å²) in [6.45, 7) is 7.40. The van der Waals surface area contributed by atoms with Crippen LogP contribution in [-0.4, -0.2) is 191 Å². The van der Waals surface area contributed by atoms with Gasteiger partial charge in [0.2, 0.25) is 11.6 Å². The Hall–Kier alpha value is -3.18. The normalized spacial score (nSPS) is 11.0. The lowest BCUT2D eigenvalue weighted by molar-refractivity contribution is -0.151. The Kier molecular flexibility index (Phi) is 35.3.